The summed E-state index contributed by atoms with van der Waals surface area (Å²) in [6.07, 6.45) is 1.85. The van der Waals surface area contributed by atoms with E-state index in [1.165, 1.54) is 29.2 Å². The number of nitro benzene ring substituents is 1. The van der Waals surface area contributed by atoms with E-state index in [0.717, 1.165) is 18.4 Å². The predicted octanol–water partition coefficient (Wildman–Crippen LogP) is 5.40. The Balaban J connectivity index is 1.79. The van der Waals surface area contributed by atoms with Gasteiger partial charge in [0.25, 0.3) is 17.4 Å². The zero-order valence-corrected chi connectivity index (χ0v) is 19.8. The smallest absolute Gasteiger partial charge is 0.295 e. The lowest BCUT2D eigenvalue weighted by atomic mass is 9.95. The van der Waals surface area contributed by atoms with Gasteiger partial charge in [-0.25, -0.2) is 0 Å². The molecule has 1 atom stereocenters. The fourth-order valence-electron chi connectivity index (χ4n) is 4.17. The Labute approximate surface area is 208 Å². The number of likely N-dealkylation sites (tertiary alicyclic amines) is 1. The second-order valence-corrected chi connectivity index (χ2v) is 8.49. The standard InChI is InChI=1S/C28H26N2O6/c1-2-3-16-36-23-11-7-10-21(17-23)26(31)24-25(20-12-14-22(15-13-20)30(34)35)29(28(33)27(24)32)18-19-8-5-4-6-9-19/h4-15,17,25,31H,2-3,16,18H2,1H3/b26-24+. The number of aliphatic hydroxyl groups excluding tert-OH is 1. The average Bonchev–Trinajstić information content (AvgIpc) is 3.14. The molecule has 0 radical (unpaired) electrons. The van der Waals surface area contributed by atoms with Gasteiger partial charge >= 0.3 is 0 Å². The van der Waals surface area contributed by atoms with E-state index in [9.17, 15) is 24.8 Å². The minimum Gasteiger partial charge on any atom is -0.507 e. The van der Waals surface area contributed by atoms with Gasteiger partial charge in [0.1, 0.15) is 11.5 Å². The van der Waals surface area contributed by atoms with Crippen LogP contribution in [0.15, 0.2) is 84.4 Å². The molecule has 1 N–H and O–H groups in total. The summed E-state index contributed by atoms with van der Waals surface area (Å²) in [6.45, 7) is 2.70. The second-order valence-electron chi connectivity index (χ2n) is 8.49. The van der Waals surface area contributed by atoms with Crippen LogP contribution in [0.5, 0.6) is 5.75 Å². The van der Waals surface area contributed by atoms with Crippen molar-refractivity contribution >= 4 is 23.1 Å². The number of nitrogens with zero attached hydrogens (tertiary/aromatic N) is 2. The Morgan fingerprint density at radius 1 is 1.03 bits per heavy atom. The maximum absolute atomic E-state index is 13.2. The Bertz CT molecular complexity index is 1300. The molecule has 184 valence electrons. The first kappa shape index (κ1) is 24.7. The Hall–Kier alpha value is -4.46. The van der Waals surface area contributed by atoms with Gasteiger partial charge in [-0.3, -0.25) is 19.7 Å². The molecule has 0 spiro atoms. The lowest BCUT2D eigenvalue weighted by molar-refractivity contribution is -0.384. The first-order valence-corrected chi connectivity index (χ1v) is 11.7. The van der Waals surface area contributed by atoms with E-state index in [4.69, 9.17) is 4.74 Å². The fourth-order valence-corrected chi connectivity index (χ4v) is 4.17. The number of hydrogen-bond acceptors (Lipinski definition) is 6. The van der Waals surface area contributed by atoms with E-state index in [2.05, 4.69) is 6.92 Å². The number of carbonyl (C=O) groups is 2. The van der Waals surface area contributed by atoms with Crippen molar-refractivity contribution in [2.45, 2.75) is 32.4 Å². The number of non-ortho nitro benzene ring substituents is 1. The number of ether oxygens (including phenoxy) is 1. The first-order chi connectivity index (χ1) is 17.4. The van der Waals surface area contributed by atoms with E-state index in [1.807, 2.05) is 30.3 Å². The summed E-state index contributed by atoms with van der Waals surface area (Å²) in [5.74, 6) is -1.35. The molecule has 36 heavy (non-hydrogen) atoms. The molecule has 1 amide bonds. The van der Waals surface area contributed by atoms with Gasteiger partial charge in [0.2, 0.25) is 0 Å². The highest BCUT2D eigenvalue weighted by Crippen LogP contribution is 2.41. The normalized spacial score (nSPS) is 16.8. The van der Waals surface area contributed by atoms with Crippen LogP contribution in [0, 0.1) is 10.1 Å². The molecule has 0 bridgehead atoms. The summed E-state index contributed by atoms with van der Waals surface area (Å²) in [5.41, 5.74) is 1.44. The zero-order valence-electron chi connectivity index (χ0n) is 19.8. The van der Waals surface area contributed by atoms with Gasteiger partial charge in [-0.2, -0.15) is 0 Å². The Kier molecular flexibility index (Phi) is 7.44. The van der Waals surface area contributed by atoms with E-state index in [1.54, 1.807) is 24.3 Å². The summed E-state index contributed by atoms with van der Waals surface area (Å²) in [6, 6.07) is 20.6. The zero-order chi connectivity index (χ0) is 25.7. The molecule has 3 aromatic carbocycles. The molecular weight excluding hydrogens is 460 g/mol. The van der Waals surface area contributed by atoms with Crippen LogP contribution in [-0.4, -0.2) is 33.2 Å². The van der Waals surface area contributed by atoms with Gasteiger partial charge < -0.3 is 14.7 Å². The van der Waals surface area contributed by atoms with Gasteiger partial charge in [0.15, 0.2) is 0 Å². The first-order valence-electron chi connectivity index (χ1n) is 11.7. The second kappa shape index (κ2) is 10.9. The number of nitro groups is 1. The lowest BCUT2D eigenvalue weighted by Crippen LogP contribution is -2.29. The van der Waals surface area contributed by atoms with Crippen LogP contribution in [0.4, 0.5) is 5.69 Å². The molecule has 0 saturated carbocycles. The number of hydrogen-bond donors (Lipinski definition) is 1. The number of Topliss-reactive ketones (excluding diaryl/α,β-unsaturated/α-hetero) is 1. The molecule has 4 rings (SSSR count). The van der Waals surface area contributed by atoms with Crippen molar-refractivity contribution in [3.05, 3.63) is 111 Å². The monoisotopic (exact) mass is 486 g/mol. The Morgan fingerprint density at radius 2 is 1.75 bits per heavy atom. The molecule has 1 fully saturated rings. The van der Waals surface area contributed by atoms with Gasteiger partial charge in [0.05, 0.1) is 23.1 Å². The number of carbonyl (C=O) groups excluding carboxylic acids is 2. The number of unbranched alkanes of at least 4 members (excludes halogenated alkanes) is 1. The third kappa shape index (κ3) is 5.12. The number of aliphatic hydroxyl groups is 1. The highest BCUT2D eigenvalue weighted by molar-refractivity contribution is 6.46. The van der Waals surface area contributed by atoms with Crippen LogP contribution in [0.1, 0.15) is 42.5 Å². The highest BCUT2D eigenvalue weighted by atomic mass is 16.6. The average molecular weight is 487 g/mol. The van der Waals surface area contributed by atoms with Crippen molar-refractivity contribution in [1.29, 1.82) is 0 Å². The summed E-state index contributed by atoms with van der Waals surface area (Å²) >= 11 is 0. The number of amides is 1. The van der Waals surface area contributed by atoms with Crippen molar-refractivity contribution in [3.8, 4) is 5.75 Å². The molecule has 1 heterocycles. The number of ketones is 1. The third-order valence-electron chi connectivity index (χ3n) is 6.03. The summed E-state index contributed by atoms with van der Waals surface area (Å²) < 4.78 is 5.74. The Morgan fingerprint density at radius 3 is 2.42 bits per heavy atom. The van der Waals surface area contributed by atoms with Crippen LogP contribution in [0.3, 0.4) is 0 Å². The molecule has 1 aliphatic rings. The van der Waals surface area contributed by atoms with E-state index in [-0.39, 0.29) is 23.6 Å². The van der Waals surface area contributed by atoms with E-state index < -0.39 is 22.7 Å². The summed E-state index contributed by atoms with van der Waals surface area (Å²) in [7, 11) is 0. The predicted molar refractivity (Wildman–Crippen MR) is 134 cm³/mol. The van der Waals surface area contributed by atoms with Crippen molar-refractivity contribution in [2.24, 2.45) is 0 Å². The maximum atomic E-state index is 13.2. The number of benzene rings is 3. The van der Waals surface area contributed by atoms with E-state index >= 15 is 0 Å². The lowest BCUT2D eigenvalue weighted by Gasteiger charge is -2.25. The highest BCUT2D eigenvalue weighted by Gasteiger charge is 2.46. The van der Waals surface area contributed by atoms with Gasteiger partial charge in [0, 0.05) is 24.2 Å². The minimum absolute atomic E-state index is 0.0736. The topological polar surface area (TPSA) is 110 Å². The molecule has 1 unspecified atom stereocenters. The maximum Gasteiger partial charge on any atom is 0.295 e. The summed E-state index contributed by atoms with van der Waals surface area (Å²) in [4.78, 5) is 38.4. The molecule has 0 aliphatic carbocycles. The van der Waals surface area contributed by atoms with Crippen molar-refractivity contribution in [2.75, 3.05) is 6.61 Å². The van der Waals surface area contributed by atoms with Crippen LogP contribution in [-0.2, 0) is 16.1 Å². The largest absolute Gasteiger partial charge is 0.507 e. The van der Waals surface area contributed by atoms with Gasteiger partial charge in [-0.1, -0.05) is 55.8 Å². The summed E-state index contributed by atoms with van der Waals surface area (Å²) in [5, 5.41) is 22.4. The molecular formula is C28H26N2O6. The van der Waals surface area contributed by atoms with Crippen LogP contribution in [0.25, 0.3) is 5.76 Å². The van der Waals surface area contributed by atoms with E-state index in [0.29, 0.717) is 23.5 Å². The van der Waals surface area contributed by atoms with Crippen molar-refractivity contribution in [3.63, 3.8) is 0 Å². The van der Waals surface area contributed by atoms with Gasteiger partial charge in [-0.05, 0) is 41.8 Å². The minimum atomic E-state index is -0.921. The molecule has 3 aromatic rings. The van der Waals surface area contributed by atoms with Crippen LogP contribution in [0.2, 0.25) is 0 Å². The quantitative estimate of drug-likeness (QED) is 0.108. The van der Waals surface area contributed by atoms with Crippen molar-refractivity contribution < 1.29 is 24.4 Å². The number of rotatable bonds is 9. The third-order valence-corrected chi connectivity index (χ3v) is 6.03. The fraction of sp³-hybridized carbons (Fsp3) is 0.214. The van der Waals surface area contributed by atoms with Crippen LogP contribution < -0.4 is 4.74 Å². The molecule has 0 aromatic heterocycles. The molecule has 8 heteroatoms. The molecule has 8 nitrogen and oxygen atoms in total. The SMILES string of the molecule is CCCCOc1cccc(/C(O)=C2\C(=O)C(=O)N(Cc3ccccc3)C2c2ccc([N+](=O)[O-])cc2)c1. The molecule has 1 aliphatic heterocycles. The van der Waals surface area contributed by atoms with Crippen molar-refractivity contribution in [1.82, 2.24) is 4.90 Å². The van der Waals surface area contributed by atoms with Crippen LogP contribution >= 0.6 is 0 Å². The van der Waals surface area contributed by atoms with Gasteiger partial charge in [-0.15, -0.1) is 0 Å². The molecule has 1 saturated heterocycles.